The minimum absolute atomic E-state index is 0.474. The molecule has 1 saturated carbocycles. The maximum atomic E-state index is 5.97. The van der Waals surface area contributed by atoms with E-state index in [-0.39, 0.29) is 0 Å². The van der Waals surface area contributed by atoms with Gasteiger partial charge in [-0.25, -0.2) is 0 Å². The summed E-state index contributed by atoms with van der Waals surface area (Å²) in [6.07, 6.45) is 9.63. The summed E-state index contributed by atoms with van der Waals surface area (Å²) in [6.45, 7) is 4.94. The normalized spacial score (nSPS) is 36.4. The number of rotatable bonds is 1. The lowest BCUT2D eigenvalue weighted by atomic mass is 9.93. The number of likely N-dealkylation sites (tertiary alicyclic amines) is 1. The highest BCUT2D eigenvalue weighted by atomic mass is 15.2. The molecule has 0 aromatic carbocycles. The number of hydrogen-bond donors (Lipinski definition) is 1. The molecular formula is C13H26N2. The average molecular weight is 210 g/mol. The van der Waals surface area contributed by atoms with Crippen molar-refractivity contribution < 1.29 is 0 Å². The second-order valence-electron chi connectivity index (χ2n) is 5.56. The third kappa shape index (κ3) is 2.94. The van der Waals surface area contributed by atoms with Crippen LogP contribution in [0.4, 0.5) is 0 Å². The van der Waals surface area contributed by atoms with Gasteiger partial charge < -0.3 is 10.6 Å². The van der Waals surface area contributed by atoms with Crippen LogP contribution >= 0.6 is 0 Å². The molecule has 2 unspecified atom stereocenters. The van der Waals surface area contributed by atoms with Gasteiger partial charge in [-0.15, -0.1) is 0 Å². The summed E-state index contributed by atoms with van der Waals surface area (Å²) < 4.78 is 0. The van der Waals surface area contributed by atoms with Gasteiger partial charge in [0.2, 0.25) is 0 Å². The molecule has 1 heterocycles. The van der Waals surface area contributed by atoms with E-state index in [9.17, 15) is 0 Å². The van der Waals surface area contributed by atoms with Crippen LogP contribution in [0.2, 0.25) is 0 Å². The van der Waals surface area contributed by atoms with Crippen molar-refractivity contribution in [2.45, 2.75) is 64.0 Å². The van der Waals surface area contributed by atoms with Crippen molar-refractivity contribution in [3.63, 3.8) is 0 Å². The van der Waals surface area contributed by atoms with Crippen LogP contribution in [0.25, 0.3) is 0 Å². The van der Waals surface area contributed by atoms with Crippen molar-refractivity contribution >= 4 is 0 Å². The summed E-state index contributed by atoms with van der Waals surface area (Å²) in [4.78, 5) is 2.72. The molecule has 0 amide bonds. The third-order valence-electron chi connectivity index (χ3n) is 4.36. The molecule has 0 spiro atoms. The van der Waals surface area contributed by atoms with Gasteiger partial charge in [0.05, 0.1) is 0 Å². The Morgan fingerprint density at radius 3 is 2.33 bits per heavy atom. The average Bonchev–Trinajstić information content (AvgIpc) is 2.44. The molecule has 2 N–H and O–H groups in total. The molecule has 0 aromatic rings. The highest BCUT2D eigenvalue weighted by Gasteiger charge is 2.28. The highest BCUT2D eigenvalue weighted by molar-refractivity contribution is 4.84. The van der Waals surface area contributed by atoms with E-state index in [0.29, 0.717) is 6.04 Å². The van der Waals surface area contributed by atoms with Crippen LogP contribution in [-0.4, -0.2) is 30.1 Å². The summed E-state index contributed by atoms with van der Waals surface area (Å²) in [7, 11) is 0. The fraction of sp³-hybridized carbons (Fsp3) is 1.00. The van der Waals surface area contributed by atoms with Crippen molar-refractivity contribution in [3.05, 3.63) is 0 Å². The fourth-order valence-electron chi connectivity index (χ4n) is 3.27. The highest BCUT2D eigenvalue weighted by Crippen LogP contribution is 2.28. The van der Waals surface area contributed by atoms with Gasteiger partial charge in [0.25, 0.3) is 0 Å². The number of nitrogens with zero attached hydrogens (tertiary/aromatic N) is 1. The molecule has 2 heteroatoms. The van der Waals surface area contributed by atoms with Crippen LogP contribution in [0.5, 0.6) is 0 Å². The van der Waals surface area contributed by atoms with Crippen molar-refractivity contribution in [1.29, 1.82) is 0 Å². The SMILES string of the molecule is CC1CCCCCC1N1CCC(N)CC1. The molecule has 2 atom stereocenters. The molecule has 2 fully saturated rings. The Kier molecular flexibility index (Phi) is 4.04. The minimum atomic E-state index is 0.474. The zero-order valence-corrected chi connectivity index (χ0v) is 10.1. The standard InChI is InChI=1S/C13H26N2/c1-11-5-3-2-4-6-13(11)15-9-7-12(14)8-10-15/h11-13H,2-10,14H2,1H3. The maximum absolute atomic E-state index is 5.97. The Bertz CT molecular complexity index is 185. The lowest BCUT2D eigenvalue weighted by Gasteiger charge is -2.39. The van der Waals surface area contributed by atoms with E-state index in [2.05, 4.69) is 11.8 Å². The van der Waals surface area contributed by atoms with Gasteiger partial charge in [0, 0.05) is 12.1 Å². The van der Waals surface area contributed by atoms with E-state index >= 15 is 0 Å². The van der Waals surface area contributed by atoms with E-state index in [1.54, 1.807) is 0 Å². The second-order valence-corrected chi connectivity index (χ2v) is 5.56. The molecular weight excluding hydrogens is 184 g/mol. The van der Waals surface area contributed by atoms with Gasteiger partial charge >= 0.3 is 0 Å². The summed E-state index contributed by atoms with van der Waals surface area (Å²) in [5.74, 6) is 0.904. The summed E-state index contributed by atoms with van der Waals surface area (Å²) in [5.41, 5.74) is 5.97. The summed E-state index contributed by atoms with van der Waals surface area (Å²) in [5, 5.41) is 0. The lowest BCUT2D eigenvalue weighted by molar-refractivity contribution is 0.109. The van der Waals surface area contributed by atoms with E-state index in [0.717, 1.165) is 12.0 Å². The van der Waals surface area contributed by atoms with Gasteiger partial charge in [0.15, 0.2) is 0 Å². The summed E-state index contributed by atoms with van der Waals surface area (Å²) >= 11 is 0. The smallest absolute Gasteiger partial charge is 0.0121 e. The van der Waals surface area contributed by atoms with Crippen LogP contribution in [-0.2, 0) is 0 Å². The van der Waals surface area contributed by atoms with Crippen LogP contribution < -0.4 is 5.73 Å². The maximum Gasteiger partial charge on any atom is 0.0121 e. The van der Waals surface area contributed by atoms with Crippen molar-refractivity contribution in [1.82, 2.24) is 4.90 Å². The monoisotopic (exact) mass is 210 g/mol. The molecule has 0 aromatic heterocycles. The number of nitrogens with two attached hydrogens (primary N) is 1. The zero-order chi connectivity index (χ0) is 10.7. The first kappa shape index (κ1) is 11.4. The van der Waals surface area contributed by atoms with Crippen LogP contribution in [0.1, 0.15) is 51.9 Å². The first-order valence-electron chi connectivity index (χ1n) is 6.77. The van der Waals surface area contributed by atoms with Crippen LogP contribution in [0.3, 0.4) is 0 Å². The molecule has 2 aliphatic rings. The van der Waals surface area contributed by atoms with E-state index in [4.69, 9.17) is 5.73 Å². The van der Waals surface area contributed by atoms with Gasteiger partial charge in [-0.1, -0.05) is 26.2 Å². The van der Waals surface area contributed by atoms with Gasteiger partial charge in [0.1, 0.15) is 0 Å². The quantitative estimate of drug-likeness (QED) is 0.673. The van der Waals surface area contributed by atoms with Crippen molar-refractivity contribution in [3.8, 4) is 0 Å². The molecule has 15 heavy (non-hydrogen) atoms. The Morgan fingerprint density at radius 1 is 0.933 bits per heavy atom. The Morgan fingerprint density at radius 2 is 1.60 bits per heavy atom. The fourth-order valence-corrected chi connectivity index (χ4v) is 3.27. The van der Waals surface area contributed by atoms with E-state index in [1.165, 1.54) is 58.0 Å². The first-order chi connectivity index (χ1) is 7.27. The molecule has 88 valence electrons. The molecule has 1 saturated heterocycles. The predicted molar refractivity (Wildman–Crippen MR) is 64.8 cm³/mol. The molecule has 1 aliphatic carbocycles. The van der Waals surface area contributed by atoms with E-state index in [1.807, 2.05) is 0 Å². The zero-order valence-electron chi connectivity index (χ0n) is 10.1. The molecule has 2 nitrogen and oxygen atoms in total. The summed E-state index contributed by atoms with van der Waals surface area (Å²) in [6, 6.07) is 1.34. The second kappa shape index (κ2) is 5.31. The Hall–Kier alpha value is -0.0800. The molecule has 0 radical (unpaired) electrons. The van der Waals surface area contributed by atoms with Crippen LogP contribution in [0, 0.1) is 5.92 Å². The van der Waals surface area contributed by atoms with E-state index < -0.39 is 0 Å². The van der Waals surface area contributed by atoms with Crippen molar-refractivity contribution in [2.24, 2.45) is 11.7 Å². The van der Waals surface area contributed by atoms with Gasteiger partial charge in [-0.05, 0) is 44.7 Å². The molecule has 0 bridgehead atoms. The molecule has 1 aliphatic heterocycles. The largest absolute Gasteiger partial charge is 0.328 e. The minimum Gasteiger partial charge on any atom is -0.328 e. The van der Waals surface area contributed by atoms with Gasteiger partial charge in [-0.2, -0.15) is 0 Å². The lowest BCUT2D eigenvalue weighted by Crippen LogP contribution is -2.47. The topological polar surface area (TPSA) is 29.3 Å². The third-order valence-corrected chi connectivity index (χ3v) is 4.36. The van der Waals surface area contributed by atoms with Crippen LogP contribution in [0.15, 0.2) is 0 Å². The molecule has 2 rings (SSSR count). The predicted octanol–water partition coefficient (Wildman–Crippen LogP) is 2.38. The van der Waals surface area contributed by atoms with Gasteiger partial charge in [-0.3, -0.25) is 0 Å². The Balaban J connectivity index is 1.89. The number of hydrogen-bond acceptors (Lipinski definition) is 2. The number of piperidine rings is 1. The first-order valence-corrected chi connectivity index (χ1v) is 6.77. The van der Waals surface area contributed by atoms with Crippen molar-refractivity contribution in [2.75, 3.05) is 13.1 Å². The Labute approximate surface area is 94.2 Å².